The Morgan fingerprint density at radius 3 is 2.35 bits per heavy atom. The van der Waals surface area contributed by atoms with Gasteiger partial charge in [0, 0.05) is 17.2 Å². The molecule has 138 valence electrons. The van der Waals surface area contributed by atoms with E-state index in [9.17, 15) is 13.6 Å². The lowest BCUT2D eigenvalue weighted by atomic mass is 10.1. The second kappa shape index (κ2) is 9.24. The number of carbonyl (C=O) groups excluding carboxylic acids is 1. The lowest BCUT2D eigenvalue weighted by molar-refractivity contribution is 0.104. The Balaban J connectivity index is 2.23. The summed E-state index contributed by atoms with van der Waals surface area (Å²) in [4.78, 5) is 12.7. The molecule has 2 rings (SSSR count). The van der Waals surface area contributed by atoms with Crippen molar-refractivity contribution in [2.75, 3.05) is 21.3 Å². The number of hydrogen-bond donors (Lipinski definition) is 0. The predicted octanol–water partition coefficient (Wildman–Crippen LogP) is 4.92. The van der Waals surface area contributed by atoms with Crippen LogP contribution >= 0.6 is 11.8 Å². The maximum Gasteiger partial charge on any atom is 0.289 e. The first-order valence-electron chi connectivity index (χ1n) is 7.55. The van der Waals surface area contributed by atoms with E-state index in [4.69, 9.17) is 14.2 Å². The van der Waals surface area contributed by atoms with Gasteiger partial charge in [0.25, 0.3) is 5.76 Å². The van der Waals surface area contributed by atoms with E-state index in [-0.39, 0.29) is 16.4 Å². The van der Waals surface area contributed by atoms with Crippen LogP contribution in [-0.4, -0.2) is 32.9 Å². The predicted molar refractivity (Wildman–Crippen MR) is 97.8 cm³/mol. The van der Waals surface area contributed by atoms with E-state index < -0.39 is 5.76 Å². The average molecular weight is 380 g/mol. The Bertz CT molecular complexity index is 806. The van der Waals surface area contributed by atoms with Crippen LogP contribution in [0.1, 0.15) is 15.9 Å². The highest BCUT2D eigenvalue weighted by molar-refractivity contribution is 7.99. The number of methoxy groups -OCH3 is 3. The average Bonchev–Trinajstić information content (AvgIpc) is 2.65. The molecule has 2 aromatic rings. The van der Waals surface area contributed by atoms with Gasteiger partial charge in [-0.05, 0) is 42.5 Å². The Labute approximate surface area is 154 Å². The van der Waals surface area contributed by atoms with Crippen LogP contribution in [-0.2, 0) is 0 Å². The lowest BCUT2D eigenvalue weighted by Gasteiger charge is -2.09. The Morgan fingerprint density at radius 2 is 1.73 bits per heavy atom. The van der Waals surface area contributed by atoms with E-state index in [1.54, 1.807) is 31.4 Å². The van der Waals surface area contributed by atoms with E-state index in [0.29, 0.717) is 34.4 Å². The summed E-state index contributed by atoms with van der Waals surface area (Å²) < 4.78 is 40.6. The molecule has 0 aliphatic heterocycles. The summed E-state index contributed by atoms with van der Waals surface area (Å²) in [6, 6.07) is 9.62. The zero-order valence-corrected chi connectivity index (χ0v) is 15.3. The van der Waals surface area contributed by atoms with E-state index in [2.05, 4.69) is 0 Å². The van der Waals surface area contributed by atoms with Crippen LogP contribution < -0.4 is 14.2 Å². The van der Waals surface area contributed by atoms with Gasteiger partial charge >= 0.3 is 0 Å². The molecule has 0 atom stereocenters. The topological polar surface area (TPSA) is 44.8 Å². The second-order valence-electron chi connectivity index (χ2n) is 5.05. The monoisotopic (exact) mass is 380 g/mol. The molecule has 0 bridgehead atoms. The van der Waals surface area contributed by atoms with Gasteiger partial charge in [-0.2, -0.15) is 8.78 Å². The van der Waals surface area contributed by atoms with Gasteiger partial charge in [0.2, 0.25) is 0 Å². The highest BCUT2D eigenvalue weighted by Crippen LogP contribution is 2.34. The van der Waals surface area contributed by atoms with Crippen molar-refractivity contribution >= 4 is 23.6 Å². The first-order chi connectivity index (χ1) is 12.5. The van der Waals surface area contributed by atoms with Crippen molar-refractivity contribution in [3.8, 4) is 17.2 Å². The third kappa shape index (κ3) is 4.98. The molecule has 2 aromatic carbocycles. The molecule has 0 N–H and O–H groups in total. The fraction of sp³-hybridized carbons (Fsp3) is 0.211. The summed E-state index contributed by atoms with van der Waals surface area (Å²) in [5.41, 5.74) is 1.04. The highest BCUT2D eigenvalue weighted by atomic mass is 32.2. The molecule has 0 radical (unpaired) electrons. The number of ketones is 1. The lowest BCUT2D eigenvalue weighted by Crippen LogP contribution is -1.97. The van der Waals surface area contributed by atoms with Crippen molar-refractivity contribution in [3.63, 3.8) is 0 Å². The molecule has 4 nitrogen and oxygen atoms in total. The zero-order chi connectivity index (χ0) is 19.1. The number of ether oxygens (including phenoxy) is 3. The van der Waals surface area contributed by atoms with Crippen LogP contribution in [0.4, 0.5) is 8.78 Å². The fourth-order valence-electron chi connectivity index (χ4n) is 2.23. The summed E-state index contributed by atoms with van der Waals surface area (Å²) in [5, 5.41) is 0. The van der Waals surface area contributed by atoms with Gasteiger partial charge < -0.3 is 14.2 Å². The first kappa shape index (κ1) is 19.8. The van der Waals surface area contributed by atoms with Gasteiger partial charge in [0.1, 0.15) is 17.2 Å². The number of rotatable bonds is 8. The smallest absolute Gasteiger partial charge is 0.289 e. The van der Waals surface area contributed by atoms with Gasteiger partial charge in [0.15, 0.2) is 5.78 Å². The van der Waals surface area contributed by atoms with E-state index in [1.807, 2.05) is 0 Å². The van der Waals surface area contributed by atoms with Crippen molar-refractivity contribution in [3.05, 3.63) is 53.6 Å². The maximum absolute atomic E-state index is 12.5. The zero-order valence-electron chi connectivity index (χ0n) is 14.5. The quantitative estimate of drug-likeness (QED) is 0.369. The molecule has 0 aromatic heterocycles. The number of benzene rings is 2. The Kier molecular flexibility index (Phi) is 7.03. The molecule has 0 saturated carbocycles. The third-order valence-electron chi connectivity index (χ3n) is 3.52. The van der Waals surface area contributed by atoms with Crippen LogP contribution in [0.5, 0.6) is 17.2 Å². The number of alkyl halides is 2. The number of thioether (sulfide) groups is 1. The van der Waals surface area contributed by atoms with E-state index in [0.717, 1.165) is 0 Å². The van der Waals surface area contributed by atoms with Gasteiger partial charge in [0.05, 0.1) is 26.2 Å². The molecule has 0 heterocycles. The van der Waals surface area contributed by atoms with Gasteiger partial charge in [-0.25, -0.2) is 0 Å². The van der Waals surface area contributed by atoms with Gasteiger partial charge in [-0.1, -0.05) is 11.8 Å². The summed E-state index contributed by atoms with van der Waals surface area (Å²) in [5.74, 6) is -1.41. The largest absolute Gasteiger partial charge is 0.497 e. The molecule has 0 aliphatic rings. The molecule has 0 aliphatic carbocycles. The van der Waals surface area contributed by atoms with Crippen molar-refractivity contribution in [2.24, 2.45) is 0 Å². The van der Waals surface area contributed by atoms with Gasteiger partial charge in [-0.15, -0.1) is 0 Å². The molecule has 0 saturated heterocycles. The minimum Gasteiger partial charge on any atom is -0.497 e. The minimum atomic E-state index is -2.56. The normalized spacial score (nSPS) is 11.0. The summed E-state index contributed by atoms with van der Waals surface area (Å²) in [6.45, 7) is 0. The Hall–Kier alpha value is -2.54. The number of halogens is 2. The highest BCUT2D eigenvalue weighted by Gasteiger charge is 2.13. The van der Waals surface area contributed by atoms with Crippen LogP contribution in [0.25, 0.3) is 6.08 Å². The summed E-state index contributed by atoms with van der Waals surface area (Å²) in [7, 11) is 4.45. The number of hydrogen-bond acceptors (Lipinski definition) is 5. The number of carbonyl (C=O) groups is 1. The molecular formula is C19H18F2O4S. The Morgan fingerprint density at radius 1 is 1.00 bits per heavy atom. The van der Waals surface area contributed by atoms with Crippen molar-refractivity contribution in [2.45, 2.75) is 10.7 Å². The van der Waals surface area contributed by atoms with E-state index in [1.165, 1.54) is 38.5 Å². The standard InChI is InChI=1S/C19H18F2O4S/c1-23-14-7-4-12(16(11-14)24-2)5-8-15(22)13-6-9-18(26-19(20)21)17(10-13)25-3/h4-11,19H,1-3H3. The summed E-state index contributed by atoms with van der Waals surface area (Å²) in [6.07, 6.45) is 3.01. The van der Waals surface area contributed by atoms with Crippen molar-refractivity contribution < 1.29 is 27.8 Å². The van der Waals surface area contributed by atoms with Crippen LogP contribution in [0.15, 0.2) is 47.4 Å². The van der Waals surface area contributed by atoms with E-state index >= 15 is 0 Å². The molecule has 0 spiro atoms. The molecule has 0 amide bonds. The van der Waals surface area contributed by atoms with Crippen LogP contribution in [0, 0.1) is 0 Å². The van der Waals surface area contributed by atoms with Crippen molar-refractivity contribution in [1.82, 2.24) is 0 Å². The summed E-state index contributed by atoms with van der Waals surface area (Å²) >= 11 is 0.373. The molecule has 26 heavy (non-hydrogen) atoms. The SMILES string of the molecule is COc1ccc(C=CC(=O)c2ccc(SC(F)F)c(OC)c2)c(OC)c1. The fourth-order valence-corrected chi connectivity index (χ4v) is 2.83. The molecule has 0 unspecified atom stereocenters. The molecule has 0 fully saturated rings. The third-order valence-corrected chi connectivity index (χ3v) is 4.29. The second-order valence-corrected chi connectivity index (χ2v) is 6.08. The number of allylic oxidation sites excluding steroid dienone is 1. The minimum absolute atomic E-state index is 0.233. The first-order valence-corrected chi connectivity index (χ1v) is 8.43. The molecule has 7 heteroatoms. The van der Waals surface area contributed by atoms with Crippen LogP contribution in [0.3, 0.4) is 0 Å². The maximum atomic E-state index is 12.5. The van der Waals surface area contributed by atoms with Crippen LogP contribution in [0.2, 0.25) is 0 Å². The van der Waals surface area contributed by atoms with Crippen molar-refractivity contribution in [1.29, 1.82) is 0 Å². The molecular weight excluding hydrogens is 362 g/mol. The van der Waals surface area contributed by atoms with Gasteiger partial charge in [-0.3, -0.25) is 4.79 Å².